The van der Waals surface area contributed by atoms with Crippen molar-refractivity contribution in [2.45, 2.75) is 69.9 Å². The molecule has 0 unspecified atom stereocenters. The van der Waals surface area contributed by atoms with Gasteiger partial charge in [-0.2, -0.15) is 15.1 Å². The predicted molar refractivity (Wildman–Crippen MR) is 186 cm³/mol. The first-order valence-corrected chi connectivity index (χ1v) is 19.9. The Bertz CT molecular complexity index is 1920. The molecule has 0 radical (unpaired) electrons. The molecule has 16 heteroatoms. The number of nitrogens with zero attached hydrogens (tertiary/aromatic N) is 7. The van der Waals surface area contributed by atoms with Gasteiger partial charge in [0.2, 0.25) is 0 Å². The highest BCUT2D eigenvalue weighted by Crippen LogP contribution is 2.41. The molecule has 0 bridgehead atoms. The molecule has 0 aliphatic carbocycles. The van der Waals surface area contributed by atoms with Crippen molar-refractivity contribution in [2.75, 3.05) is 62.3 Å². The number of hydrogen-bond donors (Lipinski definition) is 0. The van der Waals surface area contributed by atoms with E-state index in [1.807, 2.05) is 12.1 Å². The Hall–Kier alpha value is -3.04. The van der Waals surface area contributed by atoms with Crippen LogP contribution in [-0.2, 0) is 47.1 Å². The number of ether oxygens (including phenoxy) is 2. The van der Waals surface area contributed by atoms with Crippen LogP contribution in [0.5, 0.6) is 6.01 Å². The van der Waals surface area contributed by atoms with E-state index in [1.165, 1.54) is 4.90 Å². The molecule has 3 saturated heterocycles. The molecule has 2 aromatic heterocycles. The standard InChI is InChI=1S/C34H40Cl2FN7O5S/c35-26-5-1-4-22-16-27-25(20-48-13-6-24(22)26)31(39-33(38-27)49-21-34-7-2-9-43(34)18-23(37)17-34)42-8-3-10-44-28(19-42)29(36)30(40-44)32(45)41-11-14-50(46,47)15-12-41/h1,4-5,23H,2-3,6-21H2/t23-,34+/m1/s1. The van der Waals surface area contributed by atoms with Crippen LogP contribution in [0, 0.1) is 0 Å². The van der Waals surface area contributed by atoms with Gasteiger partial charge in [-0.05, 0) is 49.4 Å². The smallest absolute Gasteiger partial charge is 0.318 e. The second-order valence-electron chi connectivity index (χ2n) is 14.0. The average Bonchev–Trinajstić information content (AvgIpc) is 3.67. The Balaban J connectivity index is 1.14. The SMILES string of the molecule is O=C(c1nn2c(c1Cl)CN(c1nc(OC[C@@]34CCCN3C[C@H](F)C4)nc3c1COCCc1c(Cl)cccc1C3)CCC2)N1CCS(=O)(=O)CC1. The van der Waals surface area contributed by atoms with E-state index in [-0.39, 0.29) is 59.4 Å². The minimum atomic E-state index is -3.16. The Kier molecular flexibility index (Phi) is 9.20. The summed E-state index contributed by atoms with van der Waals surface area (Å²) < 4.78 is 53.0. The van der Waals surface area contributed by atoms with E-state index < -0.39 is 16.0 Å². The van der Waals surface area contributed by atoms with Crippen LogP contribution in [0.15, 0.2) is 18.2 Å². The zero-order chi connectivity index (χ0) is 34.6. The number of alkyl halides is 1. The highest BCUT2D eigenvalue weighted by Gasteiger charge is 2.49. The summed E-state index contributed by atoms with van der Waals surface area (Å²) in [5.74, 6) is 0.135. The lowest BCUT2D eigenvalue weighted by atomic mass is 9.95. The Morgan fingerprint density at radius 1 is 1.08 bits per heavy atom. The molecule has 1 aromatic carbocycles. The number of rotatable bonds is 5. The third kappa shape index (κ3) is 6.46. The van der Waals surface area contributed by atoms with Crippen molar-refractivity contribution >= 4 is 44.8 Å². The van der Waals surface area contributed by atoms with Crippen LogP contribution in [0.3, 0.4) is 0 Å². The molecular weight excluding hydrogens is 708 g/mol. The Morgan fingerprint density at radius 2 is 1.92 bits per heavy atom. The van der Waals surface area contributed by atoms with Gasteiger partial charge in [0.15, 0.2) is 15.5 Å². The van der Waals surface area contributed by atoms with Crippen molar-refractivity contribution < 1.29 is 27.1 Å². The van der Waals surface area contributed by atoms with Crippen molar-refractivity contribution in [2.24, 2.45) is 0 Å². The van der Waals surface area contributed by atoms with Crippen LogP contribution in [0.25, 0.3) is 0 Å². The molecule has 7 heterocycles. The van der Waals surface area contributed by atoms with Gasteiger partial charge in [0.05, 0.1) is 53.2 Å². The van der Waals surface area contributed by atoms with Gasteiger partial charge in [0.25, 0.3) is 5.91 Å². The number of halogens is 3. The molecule has 3 fully saturated rings. The lowest BCUT2D eigenvalue weighted by Gasteiger charge is -2.31. The van der Waals surface area contributed by atoms with E-state index in [0.29, 0.717) is 81.6 Å². The number of carbonyl (C=O) groups is 1. The largest absolute Gasteiger partial charge is 0.461 e. The van der Waals surface area contributed by atoms with Gasteiger partial charge < -0.3 is 19.3 Å². The van der Waals surface area contributed by atoms with Crippen LogP contribution in [0.4, 0.5) is 10.2 Å². The Morgan fingerprint density at radius 3 is 2.76 bits per heavy atom. The van der Waals surface area contributed by atoms with Crippen molar-refractivity contribution in [3.63, 3.8) is 0 Å². The molecule has 5 aliphatic heterocycles. The van der Waals surface area contributed by atoms with E-state index in [9.17, 15) is 17.6 Å². The van der Waals surface area contributed by atoms with Crippen LogP contribution >= 0.6 is 23.2 Å². The first-order valence-electron chi connectivity index (χ1n) is 17.3. The van der Waals surface area contributed by atoms with E-state index >= 15 is 0 Å². The average molecular weight is 749 g/mol. The molecule has 12 nitrogen and oxygen atoms in total. The summed E-state index contributed by atoms with van der Waals surface area (Å²) in [7, 11) is -3.16. The maximum atomic E-state index is 14.6. The fourth-order valence-corrected chi connectivity index (χ4v) is 9.97. The van der Waals surface area contributed by atoms with Crippen LogP contribution in [-0.4, -0.2) is 113 Å². The minimum absolute atomic E-state index is 0.0762. The lowest BCUT2D eigenvalue weighted by Crippen LogP contribution is -2.44. The molecule has 0 N–H and O–H groups in total. The highest BCUT2D eigenvalue weighted by molar-refractivity contribution is 7.91. The van der Waals surface area contributed by atoms with E-state index in [2.05, 4.69) is 21.0 Å². The summed E-state index contributed by atoms with van der Waals surface area (Å²) in [4.78, 5) is 29.3. The number of aryl methyl sites for hydroxylation is 1. The van der Waals surface area contributed by atoms with E-state index in [0.717, 1.165) is 41.8 Å². The molecule has 1 amide bonds. The number of carbonyl (C=O) groups excluding carboxylic acids is 1. The van der Waals surface area contributed by atoms with Crippen molar-refractivity contribution in [1.82, 2.24) is 29.5 Å². The zero-order valence-corrected chi connectivity index (χ0v) is 30.1. The van der Waals surface area contributed by atoms with Gasteiger partial charge in [-0.3, -0.25) is 14.4 Å². The second kappa shape index (κ2) is 13.5. The third-order valence-electron chi connectivity index (χ3n) is 10.9. The van der Waals surface area contributed by atoms with E-state index in [1.54, 1.807) is 4.68 Å². The van der Waals surface area contributed by atoms with Gasteiger partial charge in [-0.1, -0.05) is 35.3 Å². The summed E-state index contributed by atoms with van der Waals surface area (Å²) in [5, 5.41) is 5.57. The number of aromatic nitrogens is 4. The zero-order valence-electron chi connectivity index (χ0n) is 27.8. The predicted octanol–water partition coefficient (Wildman–Crippen LogP) is 3.88. The fourth-order valence-electron chi connectivity index (χ4n) is 8.21. The molecule has 2 atom stereocenters. The quantitative estimate of drug-likeness (QED) is 0.380. The monoisotopic (exact) mass is 747 g/mol. The summed E-state index contributed by atoms with van der Waals surface area (Å²) in [5.41, 5.74) is 4.13. The van der Waals surface area contributed by atoms with Crippen LogP contribution in [0.1, 0.15) is 64.2 Å². The minimum Gasteiger partial charge on any atom is -0.461 e. The fraction of sp³-hybridized carbons (Fsp3) is 0.588. The van der Waals surface area contributed by atoms with Crippen LogP contribution < -0.4 is 9.64 Å². The van der Waals surface area contributed by atoms with Crippen molar-refractivity contribution in [1.29, 1.82) is 0 Å². The van der Waals surface area contributed by atoms with Crippen LogP contribution in [0.2, 0.25) is 10.0 Å². The molecule has 0 spiro atoms. The lowest BCUT2D eigenvalue weighted by molar-refractivity contribution is 0.0763. The van der Waals surface area contributed by atoms with Gasteiger partial charge in [0, 0.05) is 56.2 Å². The first kappa shape index (κ1) is 34.1. The molecule has 268 valence electrons. The van der Waals surface area contributed by atoms with E-state index in [4.69, 9.17) is 42.6 Å². The van der Waals surface area contributed by atoms with Gasteiger partial charge >= 0.3 is 6.01 Å². The molecule has 50 heavy (non-hydrogen) atoms. The number of sulfone groups is 1. The van der Waals surface area contributed by atoms with Crippen molar-refractivity contribution in [3.8, 4) is 6.01 Å². The van der Waals surface area contributed by atoms with Gasteiger partial charge in [0.1, 0.15) is 18.6 Å². The highest BCUT2D eigenvalue weighted by atomic mass is 35.5. The molecule has 8 rings (SSSR count). The summed E-state index contributed by atoms with van der Waals surface area (Å²) in [6.45, 7) is 4.04. The van der Waals surface area contributed by atoms with Gasteiger partial charge in [-0.25, -0.2) is 12.8 Å². The normalized spacial score (nSPS) is 25.1. The molecule has 3 aromatic rings. The number of fused-ring (bicyclic) bond motifs is 4. The molecule has 0 saturated carbocycles. The summed E-state index contributed by atoms with van der Waals surface area (Å²) in [6, 6.07) is 6.13. The summed E-state index contributed by atoms with van der Waals surface area (Å²) >= 11 is 13.6. The Labute approximate surface area is 300 Å². The topological polar surface area (TPSA) is 123 Å². The third-order valence-corrected chi connectivity index (χ3v) is 13.2. The maximum absolute atomic E-state index is 14.6. The van der Waals surface area contributed by atoms with Gasteiger partial charge in [-0.15, -0.1) is 0 Å². The number of benzene rings is 1. The van der Waals surface area contributed by atoms with Crippen molar-refractivity contribution in [3.05, 3.63) is 62.0 Å². The maximum Gasteiger partial charge on any atom is 0.318 e. The number of anilines is 1. The second-order valence-corrected chi connectivity index (χ2v) is 17.1. The number of hydrogen-bond acceptors (Lipinski definition) is 10. The first-order chi connectivity index (χ1) is 24.1. The molecular formula is C34H40Cl2FN7O5S. The summed E-state index contributed by atoms with van der Waals surface area (Å²) in [6.07, 6.45) is 3.30. The molecule has 5 aliphatic rings. The number of amides is 1.